The normalized spacial score (nSPS) is 17.4. The van der Waals surface area contributed by atoms with Crippen LogP contribution in [0.5, 0.6) is 0 Å². The molecule has 1 amide bonds. The minimum Gasteiger partial charge on any atom is -0.337 e. The first-order valence-corrected chi connectivity index (χ1v) is 6.54. The van der Waals surface area contributed by atoms with Crippen LogP contribution < -0.4 is 10.6 Å². The number of halogens is 4. The van der Waals surface area contributed by atoms with Crippen LogP contribution in [0.25, 0.3) is 0 Å². The van der Waals surface area contributed by atoms with Gasteiger partial charge >= 0.3 is 6.18 Å². The minimum absolute atomic E-state index is 0.192. The molecule has 2 rings (SSSR count). The van der Waals surface area contributed by atoms with Gasteiger partial charge in [0.2, 0.25) is 5.91 Å². The lowest BCUT2D eigenvalue weighted by atomic mass is 10.1. The summed E-state index contributed by atoms with van der Waals surface area (Å²) in [6.07, 6.45) is -3.64. The Morgan fingerprint density at radius 1 is 1.32 bits per heavy atom. The lowest BCUT2D eigenvalue weighted by molar-refractivity contribution is -0.158. The Morgan fingerprint density at radius 2 is 1.91 bits per heavy atom. The van der Waals surface area contributed by atoms with Gasteiger partial charge in [0.25, 0.3) is 0 Å². The fourth-order valence-corrected chi connectivity index (χ4v) is 1.97. The lowest BCUT2D eigenvalue weighted by Crippen LogP contribution is -2.44. The molecule has 0 unspecified atom stereocenters. The van der Waals surface area contributed by atoms with Crippen LogP contribution >= 0.6 is 0 Å². The summed E-state index contributed by atoms with van der Waals surface area (Å²) in [7, 11) is 0. The van der Waals surface area contributed by atoms with E-state index >= 15 is 0 Å². The van der Waals surface area contributed by atoms with Crippen LogP contribution in [0.3, 0.4) is 0 Å². The van der Waals surface area contributed by atoms with Gasteiger partial charge in [-0.15, -0.1) is 0 Å². The van der Waals surface area contributed by atoms with E-state index in [-0.39, 0.29) is 5.56 Å². The zero-order valence-corrected chi connectivity index (χ0v) is 11.4. The van der Waals surface area contributed by atoms with Gasteiger partial charge in [-0.05, 0) is 30.5 Å². The molecule has 1 atom stereocenters. The molecule has 0 aromatic heterocycles. The highest BCUT2D eigenvalue weighted by Crippen LogP contribution is 2.34. The SMILES string of the molecule is N#CC1(NC(=O)CN[C@@H](c2ccc(F)cc2)C(F)(F)F)CC1. The van der Waals surface area contributed by atoms with Gasteiger partial charge in [-0.25, -0.2) is 4.39 Å². The Hall–Kier alpha value is -2.14. The number of nitriles is 1. The average Bonchev–Trinajstić information content (AvgIpc) is 3.20. The Balaban J connectivity index is 2.00. The third-order valence-electron chi connectivity index (χ3n) is 3.34. The van der Waals surface area contributed by atoms with Crippen molar-refractivity contribution in [3.63, 3.8) is 0 Å². The Kier molecular flexibility index (Phi) is 4.37. The molecule has 1 aromatic carbocycles. The molecule has 1 saturated carbocycles. The van der Waals surface area contributed by atoms with E-state index in [0.717, 1.165) is 24.3 Å². The highest BCUT2D eigenvalue weighted by molar-refractivity contribution is 5.80. The Labute approximate surface area is 124 Å². The van der Waals surface area contributed by atoms with Crippen LogP contribution in [0.1, 0.15) is 24.4 Å². The summed E-state index contributed by atoms with van der Waals surface area (Å²) >= 11 is 0. The number of nitrogens with one attached hydrogen (secondary N) is 2. The monoisotopic (exact) mass is 315 g/mol. The first kappa shape index (κ1) is 16.2. The van der Waals surface area contributed by atoms with Crippen molar-refractivity contribution in [1.82, 2.24) is 10.6 Å². The number of amides is 1. The molecule has 118 valence electrons. The molecular formula is C14H13F4N3O. The van der Waals surface area contributed by atoms with E-state index in [9.17, 15) is 22.4 Å². The predicted molar refractivity (Wildman–Crippen MR) is 68.9 cm³/mol. The number of nitrogens with zero attached hydrogens (tertiary/aromatic N) is 1. The second kappa shape index (κ2) is 5.93. The van der Waals surface area contributed by atoms with Crippen LogP contribution in [0.2, 0.25) is 0 Å². The second-order valence-corrected chi connectivity index (χ2v) is 5.15. The molecule has 0 heterocycles. The van der Waals surface area contributed by atoms with Gasteiger partial charge in [0, 0.05) is 0 Å². The topological polar surface area (TPSA) is 64.9 Å². The van der Waals surface area contributed by atoms with Gasteiger partial charge in [-0.2, -0.15) is 18.4 Å². The molecule has 1 aliphatic carbocycles. The molecule has 22 heavy (non-hydrogen) atoms. The van der Waals surface area contributed by atoms with E-state index in [2.05, 4.69) is 10.6 Å². The standard InChI is InChI=1S/C14H13F4N3O/c15-10-3-1-9(2-4-10)12(14(16,17)18)20-7-11(22)21-13(8-19)5-6-13/h1-4,12,20H,5-7H2,(H,21,22)/t12-/m0/s1. The maximum Gasteiger partial charge on any atom is 0.407 e. The van der Waals surface area contributed by atoms with Crippen LogP contribution in [-0.2, 0) is 4.79 Å². The smallest absolute Gasteiger partial charge is 0.337 e. The fourth-order valence-electron chi connectivity index (χ4n) is 1.97. The molecule has 0 bridgehead atoms. The summed E-state index contributed by atoms with van der Waals surface area (Å²) in [5.41, 5.74) is -1.12. The maximum absolute atomic E-state index is 13.0. The van der Waals surface area contributed by atoms with Crippen molar-refractivity contribution >= 4 is 5.91 Å². The zero-order valence-electron chi connectivity index (χ0n) is 11.4. The predicted octanol–water partition coefficient (Wildman–Crippen LogP) is 2.19. The first-order chi connectivity index (χ1) is 10.3. The van der Waals surface area contributed by atoms with Crippen LogP contribution in [0, 0.1) is 17.1 Å². The van der Waals surface area contributed by atoms with Crippen molar-refractivity contribution in [2.24, 2.45) is 0 Å². The van der Waals surface area contributed by atoms with Crippen molar-refractivity contribution in [2.45, 2.75) is 30.6 Å². The molecule has 0 aliphatic heterocycles. The lowest BCUT2D eigenvalue weighted by Gasteiger charge is -2.22. The van der Waals surface area contributed by atoms with Crippen molar-refractivity contribution in [2.75, 3.05) is 6.54 Å². The molecule has 1 aromatic rings. The molecular weight excluding hydrogens is 302 g/mol. The van der Waals surface area contributed by atoms with Gasteiger partial charge in [0.05, 0.1) is 12.6 Å². The Morgan fingerprint density at radius 3 is 2.36 bits per heavy atom. The van der Waals surface area contributed by atoms with Crippen molar-refractivity contribution < 1.29 is 22.4 Å². The van der Waals surface area contributed by atoms with Crippen molar-refractivity contribution in [3.8, 4) is 6.07 Å². The molecule has 8 heteroatoms. The molecule has 1 fully saturated rings. The summed E-state index contributed by atoms with van der Waals surface area (Å²) in [5, 5.41) is 13.3. The van der Waals surface area contributed by atoms with E-state index in [1.807, 2.05) is 6.07 Å². The molecule has 0 saturated heterocycles. The van der Waals surface area contributed by atoms with Crippen LogP contribution in [0.4, 0.5) is 17.6 Å². The van der Waals surface area contributed by atoms with Crippen LogP contribution in [0.15, 0.2) is 24.3 Å². The molecule has 0 radical (unpaired) electrons. The molecule has 0 spiro atoms. The van der Waals surface area contributed by atoms with E-state index in [4.69, 9.17) is 5.26 Å². The molecule has 1 aliphatic rings. The highest BCUT2D eigenvalue weighted by atomic mass is 19.4. The summed E-state index contributed by atoms with van der Waals surface area (Å²) in [4.78, 5) is 11.6. The fraction of sp³-hybridized carbons (Fsp3) is 0.429. The van der Waals surface area contributed by atoms with Gasteiger partial charge < -0.3 is 5.32 Å². The number of carbonyl (C=O) groups is 1. The first-order valence-electron chi connectivity index (χ1n) is 6.54. The highest BCUT2D eigenvalue weighted by Gasteiger charge is 2.45. The molecule has 4 nitrogen and oxygen atoms in total. The largest absolute Gasteiger partial charge is 0.407 e. The van der Waals surface area contributed by atoms with Crippen molar-refractivity contribution in [1.29, 1.82) is 5.26 Å². The van der Waals surface area contributed by atoms with Crippen molar-refractivity contribution in [3.05, 3.63) is 35.6 Å². The van der Waals surface area contributed by atoms with E-state index in [0.29, 0.717) is 12.8 Å². The van der Waals surface area contributed by atoms with Gasteiger partial charge in [0.15, 0.2) is 0 Å². The molecule has 2 N–H and O–H groups in total. The minimum atomic E-state index is -4.63. The van der Waals surface area contributed by atoms with Gasteiger partial charge in [-0.1, -0.05) is 12.1 Å². The van der Waals surface area contributed by atoms with Crippen LogP contribution in [-0.4, -0.2) is 24.2 Å². The zero-order chi connectivity index (χ0) is 16.4. The maximum atomic E-state index is 13.0. The van der Waals surface area contributed by atoms with Gasteiger partial charge in [0.1, 0.15) is 17.4 Å². The number of hydrogen-bond acceptors (Lipinski definition) is 3. The third-order valence-corrected chi connectivity index (χ3v) is 3.34. The second-order valence-electron chi connectivity index (χ2n) is 5.15. The van der Waals surface area contributed by atoms with E-state index in [1.54, 1.807) is 0 Å². The summed E-state index contributed by atoms with van der Waals surface area (Å²) < 4.78 is 51.9. The quantitative estimate of drug-likeness (QED) is 0.819. The number of rotatable bonds is 5. The number of benzene rings is 1. The number of carbonyl (C=O) groups excluding carboxylic acids is 1. The number of hydrogen-bond donors (Lipinski definition) is 2. The summed E-state index contributed by atoms with van der Waals surface area (Å²) in [5.74, 6) is -1.33. The van der Waals surface area contributed by atoms with E-state index in [1.165, 1.54) is 0 Å². The summed E-state index contributed by atoms with van der Waals surface area (Å²) in [6, 6.07) is 3.69. The Bertz CT molecular complexity index is 588. The van der Waals surface area contributed by atoms with Gasteiger partial charge in [-0.3, -0.25) is 10.1 Å². The number of alkyl halides is 3. The average molecular weight is 315 g/mol. The summed E-state index contributed by atoms with van der Waals surface area (Å²) in [6.45, 7) is -0.592. The third kappa shape index (κ3) is 3.95. The van der Waals surface area contributed by atoms with E-state index < -0.39 is 36.0 Å².